The highest BCUT2D eigenvalue weighted by atomic mass is 19.1. The van der Waals surface area contributed by atoms with E-state index in [1.54, 1.807) is 6.07 Å². The van der Waals surface area contributed by atoms with Crippen molar-refractivity contribution in [1.29, 1.82) is 0 Å². The zero-order valence-corrected chi connectivity index (χ0v) is 9.81. The molecule has 0 atom stereocenters. The van der Waals surface area contributed by atoms with Crippen molar-refractivity contribution in [3.05, 3.63) is 29.6 Å². The van der Waals surface area contributed by atoms with Gasteiger partial charge in [0, 0.05) is 18.0 Å². The molecule has 0 fully saturated rings. The van der Waals surface area contributed by atoms with Crippen molar-refractivity contribution in [3.8, 4) is 0 Å². The molecule has 0 aliphatic rings. The molecule has 0 unspecified atom stereocenters. The minimum atomic E-state index is -1.76. The van der Waals surface area contributed by atoms with Gasteiger partial charge in [-0.3, -0.25) is 4.90 Å². The molecule has 2 N–H and O–H groups in total. The van der Waals surface area contributed by atoms with Crippen molar-refractivity contribution in [3.63, 3.8) is 0 Å². The molecule has 0 saturated heterocycles. The Bertz CT molecular complexity index is 358. The molecule has 0 heterocycles. The van der Waals surface area contributed by atoms with E-state index < -0.39 is 12.9 Å². The Hall–Kier alpha value is -0.905. The summed E-state index contributed by atoms with van der Waals surface area (Å²) in [6, 6.07) is 4.78. The molecule has 0 aliphatic carbocycles. The lowest BCUT2D eigenvalue weighted by Gasteiger charge is -2.21. The quantitative estimate of drug-likeness (QED) is 0.726. The highest BCUT2D eigenvalue weighted by Gasteiger charge is 2.17. The van der Waals surface area contributed by atoms with E-state index in [4.69, 9.17) is 10.0 Å². The summed E-state index contributed by atoms with van der Waals surface area (Å²) in [7, 11) is 0.201. The van der Waals surface area contributed by atoms with E-state index in [0.717, 1.165) is 5.56 Å². The molecule has 0 aromatic heterocycles. The number of benzene rings is 1. The van der Waals surface area contributed by atoms with Crippen LogP contribution >= 0.6 is 0 Å². The van der Waals surface area contributed by atoms with Crippen LogP contribution in [0, 0.1) is 5.82 Å². The molecule has 1 rings (SSSR count). The first-order valence-electron chi connectivity index (χ1n) is 5.26. The minimum absolute atomic E-state index is 0.0744. The molecule has 88 valence electrons. The van der Waals surface area contributed by atoms with Gasteiger partial charge in [-0.05, 0) is 32.5 Å². The van der Waals surface area contributed by atoms with Crippen molar-refractivity contribution < 1.29 is 14.4 Å². The zero-order valence-electron chi connectivity index (χ0n) is 9.81. The van der Waals surface area contributed by atoms with E-state index in [-0.39, 0.29) is 5.46 Å². The molecule has 0 bridgehead atoms. The second-order valence-electron chi connectivity index (χ2n) is 4.24. The molecule has 1 aromatic carbocycles. The predicted octanol–water partition coefficient (Wildman–Crippen LogP) is 0.346. The molecule has 0 saturated carbocycles. The third-order valence-corrected chi connectivity index (χ3v) is 2.65. The maximum absolute atomic E-state index is 13.2. The third kappa shape index (κ3) is 3.30. The highest BCUT2D eigenvalue weighted by Crippen LogP contribution is 2.06. The fourth-order valence-corrected chi connectivity index (χ4v) is 1.36. The molecule has 0 radical (unpaired) electrons. The fraction of sp³-hybridized carbons (Fsp3) is 0.455. The first-order valence-corrected chi connectivity index (χ1v) is 5.26. The van der Waals surface area contributed by atoms with Crippen molar-refractivity contribution in [2.75, 3.05) is 7.05 Å². The maximum Gasteiger partial charge on any atom is 0.491 e. The first-order chi connectivity index (χ1) is 7.41. The van der Waals surface area contributed by atoms with Crippen LogP contribution in [0.15, 0.2) is 18.2 Å². The summed E-state index contributed by atoms with van der Waals surface area (Å²) in [4.78, 5) is 2.08. The SMILES string of the molecule is CC(C)N(C)Cc1ccc(F)c(B(O)O)c1. The monoisotopic (exact) mass is 225 g/mol. The second-order valence-corrected chi connectivity index (χ2v) is 4.24. The van der Waals surface area contributed by atoms with Crippen LogP contribution in [0.1, 0.15) is 19.4 Å². The molecule has 0 spiro atoms. The van der Waals surface area contributed by atoms with Crippen molar-refractivity contribution in [2.24, 2.45) is 0 Å². The topological polar surface area (TPSA) is 43.7 Å². The third-order valence-electron chi connectivity index (χ3n) is 2.65. The minimum Gasteiger partial charge on any atom is -0.423 e. The van der Waals surface area contributed by atoms with E-state index in [1.165, 1.54) is 12.1 Å². The van der Waals surface area contributed by atoms with Crippen LogP contribution in [0.2, 0.25) is 0 Å². The summed E-state index contributed by atoms with van der Waals surface area (Å²) in [5.41, 5.74) is 0.787. The molecule has 16 heavy (non-hydrogen) atoms. The Kier molecular flexibility index (Phi) is 4.47. The smallest absolute Gasteiger partial charge is 0.423 e. The van der Waals surface area contributed by atoms with Crippen LogP contribution in [-0.2, 0) is 6.54 Å². The Morgan fingerprint density at radius 1 is 1.38 bits per heavy atom. The Morgan fingerprint density at radius 2 is 2.00 bits per heavy atom. The molecular formula is C11H17BFNO2. The Labute approximate surface area is 95.7 Å². The van der Waals surface area contributed by atoms with Crippen LogP contribution in [0.25, 0.3) is 0 Å². The van der Waals surface area contributed by atoms with Gasteiger partial charge in [-0.25, -0.2) is 4.39 Å². The molecule has 1 aromatic rings. The largest absolute Gasteiger partial charge is 0.491 e. The van der Waals surface area contributed by atoms with Gasteiger partial charge in [-0.1, -0.05) is 12.1 Å². The predicted molar refractivity (Wildman–Crippen MR) is 62.8 cm³/mol. The van der Waals surface area contributed by atoms with E-state index in [2.05, 4.69) is 18.7 Å². The van der Waals surface area contributed by atoms with Crippen LogP contribution in [0.3, 0.4) is 0 Å². The van der Waals surface area contributed by atoms with Crippen molar-refractivity contribution in [2.45, 2.75) is 26.4 Å². The number of nitrogens with zero attached hydrogens (tertiary/aromatic N) is 1. The van der Waals surface area contributed by atoms with Gasteiger partial charge in [0.1, 0.15) is 5.82 Å². The number of rotatable bonds is 4. The van der Waals surface area contributed by atoms with Crippen LogP contribution in [-0.4, -0.2) is 35.2 Å². The van der Waals surface area contributed by atoms with Gasteiger partial charge in [0.25, 0.3) is 0 Å². The van der Waals surface area contributed by atoms with Gasteiger partial charge in [0.2, 0.25) is 0 Å². The van der Waals surface area contributed by atoms with Gasteiger partial charge in [0.05, 0.1) is 0 Å². The fourth-order valence-electron chi connectivity index (χ4n) is 1.36. The molecule has 3 nitrogen and oxygen atoms in total. The first kappa shape index (κ1) is 13.2. The summed E-state index contributed by atoms with van der Waals surface area (Å²) in [6.07, 6.45) is 0. The molecular weight excluding hydrogens is 208 g/mol. The van der Waals surface area contributed by atoms with Gasteiger partial charge in [0.15, 0.2) is 0 Å². The number of hydrogen-bond acceptors (Lipinski definition) is 3. The Balaban J connectivity index is 2.87. The second kappa shape index (κ2) is 5.43. The average molecular weight is 225 g/mol. The average Bonchev–Trinajstić information content (AvgIpc) is 2.20. The van der Waals surface area contributed by atoms with Gasteiger partial charge >= 0.3 is 7.12 Å². The van der Waals surface area contributed by atoms with Crippen LogP contribution < -0.4 is 5.46 Å². The highest BCUT2D eigenvalue weighted by molar-refractivity contribution is 6.58. The lowest BCUT2D eigenvalue weighted by Crippen LogP contribution is -2.34. The maximum atomic E-state index is 13.2. The molecule has 0 amide bonds. The summed E-state index contributed by atoms with van der Waals surface area (Å²) in [6.45, 7) is 4.77. The lowest BCUT2D eigenvalue weighted by molar-refractivity contribution is 0.266. The van der Waals surface area contributed by atoms with Crippen LogP contribution in [0.4, 0.5) is 4.39 Å². The molecule has 5 heteroatoms. The summed E-state index contributed by atoms with van der Waals surface area (Å²) in [5.74, 6) is -0.592. The normalized spacial score (nSPS) is 11.2. The number of hydrogen-bond donors (Lipinski definition) is 2. The van der Waals surface area contributed by atoms with Gasteiger partial charge in [-0.2, -0.15) is 0 Å². The zero-order chi connectivity index (χ0) is 12.3. The lowest BCUT2D eigenvalue weighted by atomic mass is 9.79. The Morgan fingerprint density at radius 3 is 2.50 bits per heavy atom. The van der Waals surface area contributed by atoms with E-state index >= 15 is 0 Å². The van der Waals surface area contributed by atoms with E-state index in [0.29, 0.717) is 12.6 Å². The van der Waals surface area contributed by atoms with Crippen LogP contribution in [0.5, 0.6) is 0 Å². The van der Waals surface area contributed by atoms with Crippen molar-refractivity contribution >= 4 is 12.6 Å². The van der Waals surface area contributed by atoms with Gasteiger partial charge < -0.3 is 10.0 Å². The molecule has 0 aliphatic heterocycles. The number of halogens is 1. The summed E-state index contributed by atoms with van der Waals surface area (Å²) >= 11 is 0. The van der Waals surface area contributed by atoms with E-state index in [1.807, 2.05) is 7.05 Å². The van der Waals surface area contributed by atoms with E-state index in [9.17, 15) is 4.39 Å². The summed E-state index contributed by atoms with van der Waals surface area (Å²) in [5, 5.41) is 17.9. The standard InChI is InChI=1S/C11H17BFNO2/c1-8(2)14(3)7-9-4-5-11(13)10(6-9)12(15)16/h4-6,8,15-16H,7H2,1-3H3. The van der Waals surface area contributed by atoms with Crippen molar-refractivity contribution in [1.82, 2.24) is 4.90 Å². The summed E-state index contributed by atoms with van der Waals surface area (Å²) < 4.78 is 13.2. The van der Waals surface area contributed by atoms with Gasteiger partial charge in [-0.15, -0.1) is 0 Å².